The Kier molecular flexibility index (Phi) is 4.92. The first kappa shape index (κ1) is 20.8. The summed E-state index contributed by atoms with van der Waals surface area (Å²) in [5, 5.41) is 4.63. The third kappa shape index (κ3) is 3.26. The highest BCUT2D eigenvalue weighted by atomic mass is 16.5. The van der Waals surface area contributed by atoms with Crippen LogP contribution in [0.1, 0.15) is 29.2 Å². The van der Waals surface area contributed by atoms with Crippen LogP contribution in [0, 0.1) is 6.92 Å². The van der Waals surface area contributed by atoms with Gasteiger partial charge in [0.15, 0.2) is 0 Å². The van der Waals surface area contributed by atoms with Gasteiger partial charge in [0, 0.05) is 35.9 Å². The van der Waals surface area contributed by atoms with Crippen molar-refractivity contribution >= 4 is 16.9 Å². The van der Waals surface area contributed by atoms with Gasteiger partial charge >= 0.3 is 5.97 Å². The molecule has 8 heteroatoms. The lowest BCUT2D eigenvalue weighted by atomic mass is 9.85. The monoisotopic (exact) mass is 446 g/mol. The van der Waals surface area contributed by atoms with Crippen LogP contribution in [0.4, 0.5) is 0 Å². The standard InChI is InChI=1S/C25H22N2O6/c1-13-17(11-26-27(13)2)16-9-21(28)33-20-10-19(31-4)23-24(29)18(12-32-25(23)22(16)20)14-5-7-15(30-3)8-6-14/h5-8,10-12,16H,9H2,1-4H3. The van der Waals surface area contributed by atoms with Crippen molar-refractivity contribution in [1.82, 2.24) is 9.78 Å². The smallest absolute Gasteiger partial charge is 0.312 e. The van der Waals surface area contributed by atoms with Crippen LogP contribution >= 0.6 is 0 Å². The van der Waals surface area contributed by atoms with E-state index in [1.54, 1.807) is 48.3 Å². The molecule has 0 spiro atoms. The maximum Gasteiger partial charge on any atom is 0.312 e. The van der Waals surface area contributed by atoms with Crippen LogP contribution in [0.25, 0.3) is 22.1 Å². The first-order valence-corrected chi connectivity index (χ1v) is 10.4. The van der Waals surface area contributed by atoms with Crippen LogP contribution in [0.15, 0.2) is 52.0 Å². The fourth-order valence-corrected chi connectivity index (χ4v) is 4.37. The summed E-state index contributed by atoms with van der Waals surface area (Å²) in [4.78, 5) is 26.1. The van der Waals surface area contributed by atoms with Gasteiger partial charge in [-0.2, -0.15) is 5.10 Å². The topological polar surface area (TPSA) is 92.8 Å². The van der Waals surface area contributed by atoms with E-state index in [-0.39, 0.29) is 29.5 Å². The number of rotatable bonds is 4. The Hall–Kier alpha value is -4.07. The van der Waals surface area contributed by atoms with E-state index in [0.29, 0.717) is 39.2 Å². The Labute approximate surface area is 189 Å². The largest absolute Gasteiger partial charge is 0.497 e. The van der Waals surface area contributed by atoms with Crippen LogP contribution in [0.3, 0.4) is 0 Å². The number of hydrogen-bond donors (Lipinski definition) is 0. The first-order chi connectivity index (χ1) is 15.9. The molecule has 0 saturated heterocycles. The second-order valence-electron chi connectivity index (χ2n) is 7.94. The molecule has 3 heterocycles. The maximum atomic E-state index is 13.6. The molecule has 0 aliphatic carbocycles. The number of hydrogen-bond acceptors (Lipinski definition) is 7. The Morgan fingerprint density at radius 1 is 1.12 bits per heavy atom. The van der Waals surface area contributed by atoms with Crippen molar-refractivity contribution in [2.75, 3.05) is 14.2 Å². The molecular formula is C25H22N2O6. The van der Waals surface area contributed by atoms with E-state index in [4.69, 9.17) is 18.6 Å². The molecule has 0 fully saturated rings. The Bertz CT molecular complexity index is 1450. The number of methoxy groups -OCH3 is 2. The third-order valence-electron chi connectivity index (χ3n) is 6.22. The predicted molar refractivity (Wildman–Crippen MR) is 121 cm³/mol. The van der Waals surface area contributed by atoms with E-state index in [9.17, 15) is 9.59 Å². The number of benzene rings is 2. The first-order valence-electron chi connectivity index (χ1n) is 10.4. The summed E-state index contributed by atoms with van der Waals surface area (Å²) in [6.07, 6.45) is 3.29. The number of ether oxygens (including phenoxy) is 3. The molecule has 0 amide bonds. The van der Waals surface area contributed by atoms with Crippen molar-refractivity contribution in [2.24, 2.45) is 7.05 Å². The molecule has 1 atom stereocenters. The lowest BCUT2D eigenvalue weighted by molar-refractivity contribution is -0.135. The summed E-state index contributed by atoms with van der Waals surface area (Å²) in [6, 6.07) is 8.74. The maximum absolute atomic E-state index is 13.6. The zero-order valence-electron chi connectivity index (χ0n) is 18.7. The highest BCUT2D eigenvalue weighted by Crippen LogP contribution is 2.46. The molecule has 4 aromatic rings. The van der Waals surface area contributed by atoms with E-state index >= 15 is 0 Å². The molecule has 1 aliphatic heterocycles. The van der Waals surface area contributed by atoms with Crippen molar-refractivity contribution < 1.29 is 23.4 Å². The molecule has 2 aromatic carbocycles. The molecule has 0 N–H and O–H groups in total. The second-order valence-corrected chi connectivity index (χ2v) is 7.94. The number of esters is 1. The molecule has 1 unspecified atom stereocenters. The number of aromatic nitrogens is 2. The summed E-state index contributed by atoms with van der Waals surface area (Å²) in [5.74, 6) is 0.563. The lowest BCUT2D eigenvalue weighted by Crippen LogP contribution is -2.22. The molecule has 5 rings (SSSR count). The van der Waals surface area contributed by atoms with Crippen molar-refractivity contribution in [2.45, 2.75) is 19.3 Å². The van der Waals surface area contributed by atoms with E-state index in [1.807, 2.05) is 14.0 Å². The number of carbonyl (C=O) groups excluding carboxylic acids is 1. The second kappa shape index (κ2) is 7.81. The van der Waals surface area contributed by atoms with Crippen molar-refractivity contribution in [3.63, 3.8) is 0 Å². The van der Waals surface area contributed by atoms with E-state index < -0.39 is 0 Å². The van der Waals surface area contributed by atoms with Crippen molar-refractivity contribution in [3.8, 4) is 28.4 Å². The van der Waals surface area contributed by atoms with Crippen LogP contribution < -0.4 is 19.6 Å². The van der Waals surface area contributed by atoms with Gasteiger partial charge in [0.1, 0.15) is 34.5 Å². The van der Waals surface area contributed by atoms with Crippen LogP contribution in [-0.2, 0) is 11.8 Å². The Morgan fingerprint density at radius 3 is 2.52 bits per heavy atom. The quantitative estimate of drug-likeness (QED) is 0.346. The molecule has 8 nitrogen and oxygen atoms in total. The zero-order valence-corrected chi connectivity index (χ0v) is 18.7. The third-order valence-corrected chi connectivity index (χ3v) is 6.22. The zero-order chi connectivity index (χ0) is 23.3. The summed E-state index contributed by atoms with van der Waals surface area (Å²) >= 11 is 0. The number of nitrogens with zero attached hydrogens (tertiary/aromatic N) is 2. The van der Waals surface area contributed by atoms with Crippen LogP contribution in [0.5, 0.6) is 17.2 Å². The highest BCUT2D eigenvalue weighted by molar-refractivity contribution is 5.94. The normalized spacial score (nSPS) is 15.3. The number of carbonyl (C=O) groups is 1. The van der Waals surface area contributed by atoms with Crippen molar-refractivity contribution in [1.29, 1.82) is 0 Å². The molecule has 1 aliphatic rings. The van der Waals surface area contributed by atoms with E-state index in [0.717, 1.165) is 11.3 Å². The number of fused-ring (bicyclic) bond motifs is 3. The van der Waals surface area contributed by atoms with Crippen LogP contribution in [-0.4, -0.2) is 30.0 Å². The fourth-order valence-electron chi connectivity index (χ4n) is 4.37. The van der Waals surface area contributed by atoms with Gasteiger partial charge in [-0.3, -0.25) is 14.3 Å². The summed E-state index contributed by atoms with van der Waals surface area (Å²) < 4.78 is 24.1. The molecule has 168 valence electrons. The number of aryl methyl sites for hydroxylation is 1. The van der Waals surface area contributed by atoms with Crippen molar-refractivity contribution in [3.05, 3.63) is 69.8 Å². The molecule has 0 saturated carbocycles. The molecule has 33 heavy (non-hydrogen) atoms. The molecule has 0 bridgehead atoms. The Morgan fingerprint density at radius 2 is 1.88 bits per heavy atom. The van der Waals surface area contributed by atoms with Gasteiger partial charge in [0.25, 0.3) is 0 Å². The van der Waals surface area contributed by atoms with Gasteiger partial charge in [-0.25, -0.2) is 0 Å². The highest BCUT2D eigenvalue weighted by Gasteiger charge is 2.35. The minimum atomic E-state index is -0.366. The van der Waals surface area contributed by atoms with Gasteiger partial charge < -0.3 is 18.6 Å². The van der Waals surface area contributed by atoms with Gasteiger partial charge in [-0.1, -0.05) is 12.1 Å². The Balaban J connectivity index is 1.78. The summed E-state index contributed by atoms with van der Waals surface area (Å²) in [7, 11) is 4.89. The summed E-state index contributed by atoms with van der Waals surface area (Å²) in [6.45, 7) is 1.94. The lowest BCUT2D eigenvalue weighted by Gasteiger charge is -2.26. The molecular weight excluding hydrogens is 424 g/mol. The van der Waals surface area contributed by atoms with Crippen LogP contribution in [0.2, 0.25) is 0 Å². The molecule has 2 aromatic heterocycles. The van der Waals surface area contributed by atoms with Gasteiger partial charge in [0.05, 0.1) is 32.4 Å². The van der Waals surface area contributed by atoms with Gasteiger partial charge in [0.2, 0.25) is 5.43 Å². The summed E-state index contributed by atoms with van der Waals surface area (Å²) in [5.41, 5.74) is 3.63. The average Bonchev–Trinajstić information content (AvgIpc) is 3.16. The average molecular weight is 446 g/mol. The predicted octanol–water partition coefficient (Wildman–Crippen LogP) is 3.96. The minimum Gasteiger partial charge on any atom is -0.497 e. The SMILES string of the molecule is COc1ccc(-c2coc3c4c(cc(OC)c3c2=O)OC(=O)CC4c2cnn(C)c2C)cc1. The fraction of sp³-hybridized carbons (Fsp3) is 0.240. The minimum absolute atomic E-state index is 0.116. The van der Waals surface area contributed by atoms with E-state index in [1.165, 1.54) is 13.4 Å². The van der Waals surface area contributed by atoms with Gasteiger partial charge in [-0.15, -0.1) is 0 Å². The van der Waals surface area contributed by atoms with Gasteiger partial charge in [-0.05, 0) is 24.6 Å². The van der Waals surface area contributed by atoms with E-state index in [2.05, 4.69) is 5.10 Å². The molecule has 0 radical (unpaired) electrons.